The lowest BCUT2D eigenvalue weighted by molar-refractivity contribution is -0.134. The molecule has 0 saturated carbocycles. The first-order valence-electron chi connectivity index (χ1n) is 2.72. The van der Waals surface area contributed by atoms with Crippen molar-refractivity contribution >= 4 is 11.9 Å². The zero-order chi connectivity index (χ0) is 6.85. The Labute approximate surface area is 52.7 Å². The molecule has 1 rings (SSSR count). The molecular formula is C5H8N2O2. The molecule has 2 N–H and O–H groups in total. The highest BCUT2D eigenvalue weighted by molar-refractivity contribution is 5.97. The van der Waals surface area contributed by atoms with Gasteiger partial charge in [-0.25, -0.2) is 9.79 Å². The lowest BCUT2D eigenvalue weighted by atomic mass is 10.4. The predicted molar refractivity (Wildman–Crippen MR) is 32.0 cm³/mol. The minimum atomic E-state index is -0.358. The third-order valence-electron chi connectivity index (χ3n) is 1.07. The molecule has 1 aliphatic rings. The van der Waals surface area contributed by atoms with E-state index in [1.165, 1.54) is 0 Å². The van der Waals surface area contributed by atoms with Crippen molar-refractivity contribution in [2.75, 3.05) is 6.54 Å². The molecule has 1 heterocycles. The molecule has 0 aromatic heterocycles. The van der Waals surface area contributed by atoms with Gasteiger partial charge in [0.05, 0.1) is 6.54 Å². The van der Waals surface area contributed by atoms with Crippen LogP contribution in [0.25, 0.3) is 0 Å². The van der Waals surface area contributed by atoms with Gasteiger partial charge in [-0.05, 0) is 6.92 Å². The number of cyclic esters (lactones) is 1. The smallest absolute Gasteiger partial charge is 0.337 e. The van der Waals surface area contributed by atoms with Gasteiger partial charge in [0.25, 0.3) is 0 Å². The molecular weight excluding hydrogens is 120 g/mol. The number of esters is 1. The zero-order valence-corrected chi connectivity index (χ0v) is 5.13. The van der Waals surface area contributed by atoms with Gasteiger partial charge >= 0.3 is 5.97 Å². The van der Waals surface area contributed by atoms with Crippen LogP contribution in [0, 0.1) is 0 Å². The quantitative estimate of drug-likeness (QED) is 0.474. The van der Waals surface area contributed by atoms with Gasteiger partial charge in [-0.1, -0.05) is 0 Å². The van der Waals surface area contributed by atoms with Crippen molar-refractivity contribution in [3.8, 4) is 0 Å². The number of nitrogens with zero attached hydrogens (tertiary/aromatic N) is 1. The number of rotatable bonds is 1. The van der Waals surface area contributed by atoms with Gasteiger partial charge in [0, 0.05) is 0 Å². The Morgan fingerprint density at radius 3 is 2.78 bits per heavy atom. The fourth-order valence-corrected chi connectivity index (χ4v) is 0.591. The highest BCUT2D eigenvalue weighted by atomic mass is 16.6. The molecule has 4 heteroatoms. The van der Waals surface area contributed by atoms with Crippen LogP contribution in [0.15, 0.2) is 4.99 Å². The van der Waals surface area contributed by atoms with Gasteiger partial charge in [-0.2, -0.15) is 0 Å². The molecule has 0 fully saturated rings. The van der Waals surface area contributed by atoms with E-state index in [1.807, 2.05) is 0 Å². The van der Waals surface area contributed by atoms with Crippen molar-refractivity contribution in [1.29, 1.82) is 0 Å². The largest absolute Gasteiger partial charge is 0.409 e. The summed E-state index contributed by atoms with van der Waals surface area (Å²) in [6, 6.07) is -0.358. The highest BCUT2D eigenvalue weighted by Crippen LogP contribution is 2.03. The second kappa shape index (κ2) is 2.14. The number of carbonyl (C=O) groups is 1. The summed E-state index contributed by atoms with van der Waals surface area (Å²) >= 11 is 0. The maximum absolute atomic E-state index is 10.6. The Morgan fingerprint density at radius 2 is 2.56 bits per heavy atom. The number of hydrogen-bond donors (Lipinski definition) is 1. The van der Waals surface area contributed by atoms with E-state index in [-0.39, 0.29) is 18.6 Å². The number of hydrogen-bond acceptors (Lipinski definition) is 4. The van der Waals surface area contributed by atoms with Crippen LogP contribution < -0.4 is 5.73 Å². The fourth-order valence-electron chi connectivity index (χ4n) is 0.591. The van der Waals surface area contributed by atoms with Gasteiger partial charge in [0.15, 0.2) is 0 Å². The van der Waals surface area contributed by atoms with Gasteiger partial charge in [-0.3, -0.25) is 0 Å². The van der Waals surface area contributed by atoms with Gasteiger partial charge < -0.3 is 10.5 Å². The van der Waals surface area contributed by atoms with Crippen LogP contribution in [0.3, 0.4) is 0 Å². The normalized spacial score (nSPS) is 25.8. The summed E-state index contributed by atoms with van der Waals surface area (Å²) in [6.07, 6.45) is 0. The van der Waals surface area contributed by atoms with E-state index in [0.29, 0.717) is 5.90 Å². The van der Waals surface area contributed by atoms with Gasteiger partial charge in [0.1, 0.15) is 6.04 Å². The Kier molecular flexibility index (Phi) is 1.48. The SMILES string of the molecule is CC1N=C(CN)OC1=O. The van der Waals surface area contributed by atoms with Crippen LogP contribution in [0.4, 0.5) is 0 Å². The van der Waals surface area contributed by atoms with Crippen LogP contribution >= 0.6 is 0 Å². The lowest BCUT2D eigenvalue weighted by Crippen LogP contribution is -2.16. The first kappa shape index (κ1) is 6.22. The highest BCUT2D eigenvalue weighted by Gasteiger charge is 2.22. The molecule has 9 heavy (non-hydrogen) atoms. The third-order valence-corrected chi connectivity index (χ3v) is 1.07. The number of ether oxygens (including phenoxy) is 1. The second-order valence-electron chi connectivity index (χ2n) is 1.82. The monoisotopic (exact) mass is 128 g/mol. The Hall–Kier alpha value is -0.900. The molecule has 0 aliphatic carbocycles. The van der Waals surface area contributed by atoms with E-state index in [9.17, 15) is 4.79 Å². The second-order valence-corrected chi connectivity index (χ2v) is 1.82. The molecule has 0 spiro atoms. The average molecular weight is 128 g/mol. The van der Waals surface area contributed by atoms with E-state index in [0.717, 1.165) is 0 Å². The summed E-state index contributed by atoms with van der Waals surface area (Å²) in [7, 11) is 0. The van der Waals surface area contributed by atoms with Gasteiger partial charge in [-0.15, -0.1) is 0 Å². The van der Waals surface area contributed by atoms with E-state index >= 15 is 0 Å². The van der Waals surface area contributed by atoms with Crippen molar-refractivity contribution in [2.24, 2.45) is 10.7 Å². The summed E-state index contributed by atoms with van der Waals surface area (Å²) in [5, 5.41) is 0. The predicted octanol–water partition coefficient (Wildman–Crippen LogP) is -0.711. The zero-order valence-electron chi connectivity index (χ0n) is 5.13. The topological polar surface area (TPSA) is 64.7 Å². The van der Waals surface area contributed by atoms with E-state index in [2.05, 4.69) is 9.73 Å². The number of aliphatic imine (C=N–C) groups is 1. The van der Waals surface area contributed by atoms with E-state index < -0.39 is 0 Å². The molecule has 0 bridgehead atoms. The number of carbonyl (C=O) groups excluding carboxylic acids is 1. The molecule has 4 nitrogen and oxygen atoms in total. The summed E-state index contributed by atoms with van der Waals surface area (Å²) in [6.45, 7) is 1.88. The first-order chi connectivity index (χ1) is 4.24. The van der Waals surface area contributed by atoms with Crippen molar-refractivity contribution in [3.05, 3.63) is 0 Å². The standard InChI is InChI=1S/C5H8N2O2/c1-3-5(8)9-4(2-6)7-3/h3H,2,6H2,1H3. The number of nitrogens with two attached hydrogens (primary N) is 1. The van der Waals surface area contributed by atoms with Crippen LogP contribution in [0.5, 0.6) is 0 Å². The van der Waals surface area contributed by atoms with Gasteiger partial charge in [0.2, 0.25) is 5.90 Å². The summed E-state index contributed by atoms with van der Waals surface area (Å²) in [5.74, 6) is 0.0305. The van der Waals surface area contributed by atoms with E-state index in [4.69, 9.17) is 5.73 Å². The molecule has 0 aromatic rings. The Morgan fingerprint density at radius 1 is 1.89 bits per heavy atom. The van der Waals surface area contributed by atoms with Crippen molar-refractivity contribution in [1.82, 2.24) is 0 Å². The third kappa shape index (κ3) is 1.08. The maximum Gasteiger partial charge on any atom is 0.337 e. The van der Waals surface area contributed by atoms with Crippen molar-refractivity contribution in [3.63, 3.8) is 0 Å². The Balaban J connectivity index is 2.62. The van der Waals surface area contributed by atoms with Crippen LogP contribution in [-0.4, -0.2) is 24.5 Å². The summed E-state index contributed by atoms with van der Waals surface area (Å²) in [4.78, 5) is 14.4. The van der Waals surface area contributed by atoms with Crippen molar-refractivity contribution < 1.29 is 9.53 Å². The molecule has 0 saturated heterocycles. The molecule has 1 aliphatic heterocycles. The summed E-state index contributed by atoms with van der Waals surface area (Å²) in [5.41, 5.74) is 5.15. The van der Waals surface area contributed by atoms with Crippen LogP contribution in [-0.2, 0) is 9.53 Å². The fraction of sp³-hybridized carbons (Fsp3) is 0.600. The molecule has 1 atom stereocenters. The average Bonchev–Trinajstić information content (AvgIpc) is 2.13. The minimum absolute atomic E-state index is 0.204. The molecule has 0 aromatic carbocycles. The lowest BCUT2D eigenvalue weighted by Gasteiger charge is -1.91. The van der Waals surface area contributed by atoms with Crippen LogP contribution in [0.2, 0.25) is 0 Å². The van der Waals surface area contributed by atoms with Crippen molar-refractivity contribution in [2.45, 2.75) is 13.0 Å². The molecule has 1 unspecified atom stereocenters. The minimum Gasteiger partial charge on any atom is -0.409 e. The van der Waals surface area contributed by atoms with E-state index in [1.54, 1.807) is 6.92 Å². The molecule has 50 valence electrons. The Bertz CT molecular complexity index is 164. The summed E-state index contributed by atoms with van der Waals surface area (Å²) < 4.78 is 4.61. The first-order valence-corrected chi connectivity index (χ1v) is 2.72. The van der Waals surface area contributed by atoms with Crippen LogP contribution in [0.1, 0.15) is 6.92 Å². The maximum atomic E-state index is 10.6. The molecule has 0 radical (unpaired) electrons. The molecule has 0 amide bonds.